The quantitative estimate of drug-likeness (QED) is 0.610. The van der Waals surface area contributed by atoms with Crippen molar-refractivity contribution in [1.29, 1.82) is 0 Å². The number of para-hydroxylation sites is 1. The maximum Gasteiger partial charge on any atom is 0.339 e. The summed E-state index contributed by atoms with van der Waals surface area (Å²) < 4.78 is 10.9. The summed E-state index contributed by atoms with van der Waals surface area (Å²) >= 11 is 0. The van der Waals surface area contributed by atoms with Crippen molar-refractivity contribution >= 4 is 34.4 Å². The van der Waals surface area contributed by atoms with Crippen LogP contribution in [0.1, 0.15) is 40.7 Å². The lowest BCUT2D eigenvalue weighted by Gasteiger charge is -2.26. The molecule has 0 fully saturated rings. The molecule has 2 aromatic heterocycles. The van der Waals surface area contributed by atoms with Crippen LogP contribution in [0.2, 0.25) is 0 Å². The first-order valence-corrected chi connectivity index (χ1v) is 9.97. The number of carbonyl (C=O) groups excluding carboxylic acids is 2. The van der Waals surface area contributed by atoms with Gasteiger partial charge in [0.1, 0.15) is 5.76 Å². The summed E-state index contributed by atoms with van der Waals surface area (Å²) in [6.45, 7) is 1.86. The summed E-state index contributed by atoms with van der Waals surface area (Å²) in [5.74, 6) is 0.325. The fourth-order valence-electron chi connectivity index (χ4n) is 3.84. The van der Waals surface area contributed by atoms with E-state index in [2.05, 4.69) is 6.92 Å². The Bertz CT molecular complexity index is 1130. The Balaban J connectivity index is 1.84. The molecule has 0 radical (unpaired) electrons. The van der Waals surface area contributed by atoms with Gasteiger partial charge in [-0.25, -0.2) is 9.78 Å². The summed E-state index contributed by atoms with van der Waals surface area (Å²) in [5, 5.41) is 0.741. The zero-order valence-electron chi connectivity index (χ0n) is 17.3. The predicted octanol–water partition coefficient (Wildman–Crippen LogP) is 4.20. The van der Waals surface area contributed by atoms with Crippen molar-refractivity contribution in [2.75, 3.05) is 20.7 Å². The van der Waals surface area contributed by atoms with Gasteiger partial charge >= 0.3 is 5.97 Å². The lowest BCUT2D eigenvalue weighted by Crippen LogP contribution is -2.28. The predicted molar refractivity (Wildman–Crippen MR) is 115 cm³/mol. The number of hydrogen-bond donors (Lipinski definition) is 0. The molecular weight excluding hydrogens is 380 g/mol. The molecule has 0 saturated carbocycles. The van der Waals surface area contributed by atoms with Gasteiger partial charge in [0.2, 0.25) is 0 Å². The second kappa shape index (κ2) is 8.14. The summed E-state index contributed by atoms with van der Waals surface area (Å²) in [4.78, 5) is 31.3. The molecule has 30 heavy (non-hydrogen) atoms. The van der Waals surface area contributed by atoms with E-state index in [-0.39, 0.29) is 12.5 Å². The van der Waals surface area contributed by atoms with E-state index in [4.69, 9.17) is 14.1 Å². The highest BCUT2D eigenvalue weighted by atomic mass is 16.5. The van der Waals surface area contributed by atoms with Gasteiger partial charge in [-0.2, -0.15) is 0 Å². The molecule has 2 heterocycles. The average Bonchev–Trinajstić information content (AvgIpc) is 3.23. The van der Waals surface area contributed by atoms with E-state index < -0.39 is 5.97 Å². The van der Waals surface area contributed by atoms with Crippen molar-refractivity contribution in [3.05, 3.63) is 65.2 Å². The number of rotatable bonds is 4. The zero-order chi connectivity index (χ0) is 21.3. The van der Waals surface area contributed by atoms with Crippen LogP contribution in [0, 0.1) is 5.92 Å². The van der Waals surface area contributed by atoms with Gasteiger partial charge in [-0.15, -0.1) is 0 Å². The lowest BCUT2D eigenvalue weighted by atomic mass is 9.81. The van der Waals surface area contributed by atoms with Gasteiger partial charge in [0.15, 0.2) is 6.61 Å². The smallest absolute Gasteiger partial charge is 0.339 e. The van der Waals surface area contributed by atoms with Gasteiger partial charge in [0.05, 0.1) is 23.0 Å². The number of furan rings is 1. The maximum absolute atomic E-state index is 13.1. The number of aromatic nitrogens is 1. The number of nitrogens with zero attached hydrogens (tertiary/aromatic N) is 2. The molecule has 1 amide bonds. The molecular formula is C24H24N2O4. The molecule has 3 aromatic rings. The largest absolute Gasteiger partial charge is 0.465 e. The molecule has 1 aliphatic carbocycles. The first-order valence-electron chi connectivity index (χ1n) is 9.97. The molecule has 6 nitrogen and oxygen atoms in total. The van der Waals surface area contributed by atoms with Crippen molar-refractivity contribution in [3.63, 3.8) is 0 Å². The molecule has 0 N–H and O–H groups in total. The summed E-state index contributed by atoms with van der Waals surface area (Å²) in [5.41, 5.74) is 3.92. The second-order valence-corrected chi connectivity index (χ2v) is 7.89. The number of likely N-dealkylation sites (N-methyl/N-ethyl adjacent to an activating group) is 1. The molecule has 154 valence electrons. The molecule has 4 rings (SSSR count). The van der Waals surface area contributed by atoms with Gasteiger partial charge in [-0.05, 0) is 54.2 Å². The van der Waals surface area contributed by atoms with Crippen LogP contribution in [0.25, 0.3) is 22.6 Å². The molecule has 1 aromatic carbocycles. The van der Waals surface area contributed by atoms with Gasteiger partial charge in [-0.3, -0.25) is 4.79 Å². The van der Waals surface area contributed by atoms with Crippen LogP contribution < -0.4 is 0 Å². The highest BCUT2D eigenvalue weighted by Crippen LogP contribution is 2.38. The Hall–Kier alpha value is -3.41. The SMILES string of the molecule is C[C@@H]1C/C(=C/c2ccco2)c2nc3ccccc3c(C(=O)OCC(=O)N(C)C)c2C1. The Morgan fingerprint density at radius 1 is 1.20 bits per heavy atom. The van der Waals surface area contributed by atoms with Gasteiger partial charge in [0, 0.05) is 19.5 Å². The second-order valence-electron chi connectivity index (χ2n) is 7.89. The fraction of sp³-hybridized carbons (Fsp3) is 0.292. The molecule has 0 unspecified atom stereocenters. The summed E-state index contributed by atoms with van der Waals surface area (Å²) in [7, 11) is 3.26. The normalized spacial score (nSPS) is 17.0. The summed E-state index contributed by atoms with van der Waals surface area (Å²) in [6, 6.07) is 11.3. The van der Waals surface area contributed by atoms with Crippen molar-refractivity contribution < 1.29 is 18.7 Å². The minimum Gasteiger partial charge on any atom is -0.465 e. The first kappa shape index (κ1) is 19.9. The van der Waals surface area contributed by atoms with E-state index in [1.165, 1.54) is 4.90 Å². The molecule has 0 spiro atoms. The number of pyridine rings is 1. The highest BCUT2D eigenvalue weighted by molar-refractivity contribution is 6.07. The molecule has 1 atom stereocenters. The van der Waals surface area contributed by atoms with Crippen LogP contribution in [0.3, 0.4) is 0 Å². The minimum absolute atomic E-state index is 0.262. The fourth-order valence-corrected chi connectivity index (χ4v) is 3.84. The van der Waals surface area contributed by atoms with E-state index in [0.29, 0.717) is 17.9 Å². The van der Waals surface area contributed by atoms with Crippen LogP contribution >= 0.6 is 0 Å². The topological polar surface area (TPSA) is 72.6 Å². The van der Waals surface area contributed by atoms with E-state index in [0.717, 1.165) is 39.9 Å². The van der Waals surface area contributed by atoms with Crippen molar-refractivity contribution in [3.8, 4) is 0 Å². The lowest BCUT2D eigenvalue weighted by molar-refractivity contribution is -0.131. The number of carbonyl (C=O) groups is 2. The number of amides is 1. The van der Waals surface area contributed by atoms with Gasteiger partial charge < -0.3 is 14.1 Å². The third kappa shape index (κ3) is 3.85. The molecule has 0 saturated heterocycles. The third-order valence-electron chi connectivity index (χ3n) is 5.31. The van der Waals surface area contributed by atoms with E-state index >= 15 is 0 Å². The van der Waals surface area contributed by atoms with E-state index in [1.54, 1.807) is 20.4 Å². The third-order valence-corrected chi connectivity index (χ3v) is 5.31. The average molecular weight is 404 g/mol. The minimum atomic E-state index is -0.494. The van der Waals surface area contributed by atoms with Crippen LogP contribution in [0.5, 0.6) is 0 Å². The molecule has 0 aliphatic heterocycles. The van der Waals surface area contributed by atoms with Gasteiger partial charge in [0.25, 0.3) is 5.91 Å². The van der Waals surface area contributed by atoms with Crippen molar-refractivity contribution in [2.24, 2.45) is 5.92 Å². The zero-order valence-corrected chi connectivity index (χ0v) is 17.3. The Labute approximate surface area is 175 Å². The number of esters is 1. The number of ether oxygens (including phenoxy) is 1. The highest BCUT2D eigenvalue weighted by Gasteiger charge is 2.29. The van der Waals surface area contributed by atoms with Gasteiger partial charge in [-0.1, -0.05) is 25.1 Å². The monoisotopic (exact) mass is 404 g/mol. The first-order chi connectivity index (χ1) is 14.4. The maximum atomic E-state index is 13.1. The summed E-state index contributed by atoms with van der Waals surface area (Å²) in [6.07, 6.45) is 5.18. The van der Waals surface area contributed by atoms with Crippen molar-refractivity contribution in [2.45, 2.75) is 19.8 Å². The van der Waals surface area contributed by atoms with Crippen molar-refractivity contribution in [1.82, 2.24) is 9.88 Å². The van der Waals surface area contributed by atoms with E-state index in [1.807, 2.05) is 42.5 Å². The number of benzene rings is 1. The Morgan fingerprint density at radius 2 is 2.00 bits per heavy atom. The molecule has 0 bridgehead atoms. The Morgan fingerprint density at radius 3 is 2.73 bits per heavy atom. The standard InChI is InChI=1S/C24H24N2O4/c1-15-11-16(13-17-7-6-10-29-17)23-19(12-15)22(18-8-4-5-9-20(18)25-23)24(28)30-14-21(27)26(2)3/h4-10,13,15H,11-12,14H2,1-3H3/b16-13-/t15-/m1/s1. The van der Waals surface area contributed by atoms with Crippen LogP contribution in [0.15, 0.2) is 47.1 Å². The molecule has 6 heteroatoms. The number of fused-ring (bicyclic) bond motifs is 2. The molecule has 1 aliphatic rings. The number of allylic oxidation sites excluding steroid dienone is 1. The van der Waals surface area contributed by atoms with E-state index in [9.17, 15) is 9.59 Å². The van der Waals surface area contributed by atoms with Crippen LogP contribution in [-0.4, -0.2) is 42.5 Å². The van der Waals surface area contributed by atoms with Crippen LogP contribution in [-0.2, 0) is 16.0 Å². The number of hydrogen-bond acceptors (Lipinski definition) is 5. The Kier molecular flexibility index (Phi) is 5.40. The van der Waals surface area contributed by atoms with Crippen LogP contribution in [0.4, 0.5) is 0 Å².